The van der Waals surface area contributed by atoms with Crippen LogP contribution in [-0.2, 0) is 4.79 Å². The maximum atomic E-state index is 13.2. The maximum Gasteiger partial charge on any atom is 0.248 e. The Morgan fingerprint density at radius 3 is 2.37 bits per heavy atom. The van der Waals surface area contributed by atoms with Crippen molar-refractivity contribution in [3.63, 3.8) is 0 Å². The molecule has 2 aliphatic heterocycles. The van der Waals surface area contributed by atoms with Crippen molar-refractivity contribution in [3.05, 3.63) is 35.4 Å². The Kier molecular flexibility index (Phi) is 9.23. The van der Waals surface area contributed by atoms with E-state index < -0.39 is 0 Å². The highest BCUT2D eigenvalue weighted by atomic mass is 16.2. The molecule has 3 fully saturated rings. The Morgan fingerprint density at radius 1 is 1.00 bits per heavy atom. The van der Waals surface area contributed by atoms with Crippen molar-refractivity contribution in [2.75, 3.05) is 40.3 Å². The second kappa shape index (κ2) is 12.4. The van der Waals surface area contributed by atoms with Gasteiger partial charge in [-0.1, -0.05) is 31.4 Å². The smallest absolute Gasteiger partial charge is 0.248 e. The second-order valence-corrected chi connectivity index (χ2v) is 11.5. The third-order valence-corrected chi connectivity index (χ3v) is 8.71. The number of benzene rings is 1. The van der Waals surface area contributed by atoms with Crippen LogP contribution < -0.4 is 5.73 Å². The van der Waals surface area contributed by atoms with Crippen LogP contribution in [0.3, 0.4) is 0 Å². The largest absolute Gasteiger partial charge is 0.366 e. The SMILES string of the molecule is CN(C)CCCC(=O)N(CCN1[C@@H]2CC[C@H]1C[C@@H](c1cccc(C(N)=O)c1)C2)CC1CCCCC1. The fourth-order valence-corrected chi connectivity index (χ4v) is 6.80. The van der Waals surface area contributed by atoms with Gasteiger partial charge in [0.15, 0.2) is 0 Å². The van der Waals surface area contributed by atoms with Crippen LogP contribution in [-0.4, -0.2) is 78.9 Å². The van der Waals surface area contributed by atoms with E-state index in [1.807, 2.05) is 18.2 Å². The van der Waals surface area contributed by atoms with Crippen LogP contribution in [0.2, 0.25) is 0 Å². The predicted octanol–water partition coefficient (Wildman–Crippen LogP) is 4.25. The Labute approximate surface area is 212 Å². The third-order valence-electron chi connectivity index (χ3n) is 8.71. The minimum absolute atomic E-state index is 0.347. The molecule has 2 amide bonds. The van der Waals surface area contributed by atoms with Gasteiger partial charge in [0, 0.05) is 43.7 Å². The molecule has 1 saturated carbocycles. The predicted molar refractivity (Wildman–Crippen MR) is 141 cm³/mol. The van der Waals surface area contributed by atoms with Gasteiger partial charge in [-0.15, -0.1) is 0 Å². The summed E-state index contributed by atoms with van der Waals surface area (Å²) in [5, 5.41) is 0. The minimum Gasteiger partial charge on any atom is -0.366 e. The zero-order chi connectivity index (χ0) is 24.8. The number of rotatable bonds is 11. The number of carbonyl (C=O) groups is 2. The maximum absolute atomic E-state index is 13.2. The normalized spacial score (nSPS) is 25.2. The van der Waals surface area contributed by atoms with Gasteiger partial charge in [0.05, 0.1) is 0 Å². The molecule has 2 bridgehead atoms. The molecule has 1 aromatic rings. The molecule has 6 nitrogen and oxygen atoms in total. The van der Waals surface area contributed by atoms with Crippen LogP contribution >= 0.6 is 0 Å². The Balaban J connectivity index is 1.35. The van der Waals surface area contributed by atoms with Crippen molar-refractivity contribution < 1.29 is 9.59 Å². The van der Waals surface area contributed by atoms with Gasteiger partial charge < -0.3 is 15.5 Å². The van der Waals surface area contributed by atoms with Crippen LogP contribution in [0.25, 0.3) is 0 Å². The molecule has 194 valence electrons. The summed E-state index contributed by atoms with van der Waals surface area (Å²) < 4.78 is 0. The van der Waals surface area contributed by atoms with Gasteiger partial charge in [0.1, 0.15) is 0 Å². The summed E-state index contributed by atoms with van der Waals surface area (Å²) in [5.74, 6) is 1.18. The Morgan fingerprint density at radius 2 is 1.71 bits per heavy atom. The molecule has 1 aromatic carbocycles. The number of hydrogen-bond donors (Lipinski definition) is 1. The topological polar surface area (TPSA) is 69.9 Å². The molecule has 2 saturated heterocycles. The summed E-state index contributed by atoms with van der Waals surface area (Å²) in [6.45, 7) is 3.78. The average Bonchev–Trinajstić information content (AvgIpc) is 3.08. The average molecular weight is 483 g/mol. The Hall–Kier alpha value is -1.92. The lowest BCUT2D eigenvalue weighted by atomic mass is 9.84. The summed E-state index contributed by atoms with van der Waals surface area (Å²) in [6, 6.07) is 9.10. The first kappa shape index (κ1) is 26.2. The quantitative estimate of drug-likeness (QED) is 0.512. The van der Waals surface area contributed by atoms with Crippen LogP contribution in [0, 0.1) is 5.92 Å². The number of amides is 2. The highest BCUT2D eigenvalue weighted by molar-refractivity contribution is 5.92. The van der Waals surface area contributed by atoms with E-state index in [4.69, 9.17) is 5.73 Å². The highest BCUT2D eigenvalue weighted by Gasteiger charge is 2.41. The van der Waals surface area contributed by atoms with Crippen LogP contribution in [0.4, 0.5) is 0 Å². The monoisotopic (exact) mass is 482 g/mol. The fourth-order valence-electron chi connectivity index (χ4n) is 6.80. The molecule has 0 aromatic heterocycles. The van der Waals surface area contributed by atoms with Crippen molar-refractivity contribution >= 4 is 11.8 Å². The number of carbonyl (C=O) groups excluding carboxylic acids is 2. The van der Waals surface area contributed by atoms with Gasteiger partial charge >= 0.3 is 0 Å². The van der Waals surface area contributed by atoms with E-state index in [0.717, 1.165) is 45.4 Å². The molecule has 6 heteroatoms. The van der Waals surface area contributed by atoms with Crippen molar-refractivity contribution in [1.29, 1.82) is 0 Å². The standard InChI is InChI=1S/C29H46N4O2/c1-31(2)15-7-12-28(34)32(21-22-8-4-3-5-9-22)16-17-33-26-13-14-27(33)20-25(19-26)23-10-6-11-24(18-23)29(30)35/h6,10-11,18,22,25-27H,3-5,7-9,12-17,19-21H2,1-2H3,(H2,30,35)/t25-,26+,27-. The van der Waals surface area contributed by atoms with E-state index in [9.17, 15) is 9.59 Å². The lowest BCUT2D eigenvalue weighted by molar-refractivity contribution is -0.132. The van der Waals surface area contributed by atoms with Gasteiger partial charge in [0.2, 0.25) is 11.8 Å². The molecule has 2 N–H and O–H groups in total. The Bertz CT molecular complexity index is 837. The van der Waals surface area contributed by atoms with Crippen molar-refractivity contribution in [1.82, 2.24) is 14.7 Å². The van der Waals surface area contributed by atoms with E-state index in [2.05, 4.69) is 34.9 Å². The summed E-state index contributed by atoms with van der Waals surface area (Å²) in [5.41, 5.74) is 7.40. The third kappa shape index (κ3) is 7.07. The molecule has 3 aliphatic rings. The molecule has 4 rings (SSSR count). The van der Waals surface area contributed by atoms with Crippen LogP contribution in [0.15, 0.2) is 24.3 Å². The molecule has 3 atom stereocenters. The molecule has 0 spiro atoms. The van der Waals surface area contributed by atoms with Crippen LogP contribution in [0.5, 0.6) is 0 Å². The van der Waals surface area contributed by atoms with E-state index in [1.54, 1.807) is 0 Å². The first-order valence-electron chi connectivity index (χ1n) is 14.0. The molecule has 2 heterocycles. The summed E-state index contributed by atoms with van der Waals surface area (Å²) in [6.07, 6.45) is 12.9. The van der Waals surface area contributed by atoms with Crippen molar-refractivity contribution in [3.8, 4) is 0 Å². The number of nitrogens with two attached hydrogens (primary N) is 1. The lowest BCUT2D eigenvalue weighted by Crippen LogP contribution is -2.47. The number of primary amides is 1. The van der Waals surface area contributed by atoms with Gasteiger partial charge in [0.25, 0.3) is 0 Å². The summed E-state index contributed by atoms with van der Waals surface area (Å²) >= 11 is 0. The van der Waals surface area contributed by atoms with E-state index in [-0.39, 0.29) is 5.91 Å². The summed E-state index contributed by atoms with van der Waals surface area (Å²) in [4.78, 5) is 32.0. The molecule has 35 heavy (non-hydrogen) atoms. The van der Waals surface area contributed by atoms with E-state index >= 15 is 0 Å². The summed E-state index contributed by atoms with van der Waals surface area (Å²) in [7, 11) is 4.15. The van der Waals surface area contributed by atoms with Crippen LogP contribution in [0.1, 0.15) is 92.5 Å². The first-order chi connectivity index (χ1) is 16.9. The van der Waals surface area contributed by atoms with Crippen molar-refractivity contribution in [2.45, 2.75) is 88.6 Å². The van der Waals surface area contributed by atoms with E-state index in [1.165, 1.54) is 50.5 Å². The fraction of sp³-hybridized carbons (Fsp3) is 0.724. The number of piperidine rings is 1. The number of fused-ring (bicyclic) bond motifs is 2. The lowest BCUT2D eigenvalue weighted by Gasteiger charge is -2.40. The van der Waals surface area contributed by atoms with Gasteiger partial charge in [-0.2, -0.15) is 0 Å². The van der Waals surface area contributed by atoms with Gasteiger partial charge in [-0.3, -0.25) is 14.5 Å². The first-order valence-corrected chi connectivity index (χ1v) is 14.0. The molecular weight excluding hydrogens is 436 g/mol. The minimum atomic E-state index is -0.347. The van der Waals surface area contributed by atoms with Gasteiger partial charge in [-0.05, 0) is 95.1 Å². The molecule has 0 unspecified atom stereocenters. The molecular formula is C29H46N4O2. The highest BCUT2D eigenvalue weighted by Crippen LogP contribution is 2.43. The zero-order valence-corrected chi connectivity index (χ0v) is 22.0. The number of hydrogen-bond acceptors (Lipinski definition) is 4. The van der Waals surface area contributed by atoms with E-state index in [0.29, 0.717) is 41.8 Å². The second-order valence-electron chi connectivity index (χ2n) is 11.5. The van der Waals surface area contributed by atoms with Gasteiger partial charge in [-0.25, -0.2) is 0 Å². The number of nitrogens with zero attached hydrogens (tertiary/aromatic N) is 3. The molecule has 0 radical (unpaired) electrons. The molecule has 1 aliphatic carbocycles. The van der Waals surface area contributed by atoms with Crippen molar-refractivity contribution in [2.24, 2.45) is 11.7 Å². The zero-order valence-electron chi connectivity index (χ0n) is 22.0.